The Balaban J connectivity index is 2.26. The van der Waals surface area contributed by atoms with E-state index in [2.05, 4.69) is 31.2 Å². The van der Waals surface area contributed by atoms with Crippen molar-refractivity contribution in [1.82, 2.24) is 0 Å². The summed E-state index contributed by atoms with van der Waals surface area (Å²) in [5.74, 6) is 1.31. The summed E-state index contributed by atoms with van der Waals surface area (Å²) in [5.41, 5.74) is 8.69. The molecular weight excluding hydrogens is 194 g/mol. The Morgan fingerprint density at radius 2 is 2.07 bits per heavy atom. The summed E-state index contributed by atoms with van der Waals surface area (Å²) in [6, 6.07) is 8.68. The van der Waals surface area contributed by atoms with Crippen LogP contribution in [0.4, 0.5) is 0 Å². The van der Waals surface area contributed by atoms with E-state index in [9.17, 15) is 0 Å². The maximum atomic E-state index is 5.89. The lowest BCUT2D eigenvalue weighted by molar-refractivity contribution is 0.644. The third kappa shape index (κ3) is 1.45. The molecule has 1 aliphatic rings. The molecule has 1 saturated carbocycles. The second-order valence-corrected chi connectivity index (χ2v) is 4.59. The number of alkyl halides is 1. The van der Waals surface area contributed by atoms with Gasteiger partial charge in [0.25, 0.3) is 0 Å². The van der Waals surface area contributed by atoms with Crippen molar-refractivity contribution < 1.29 is 0 Å². The summed E-state index contributed by atoms with van der Waals surface area (Å²) in [5, 5.41) is 0. The van der Waals surface area contributed by atoms with Crippen molar-refractivity contribution in [3.63, 3.8) is 0 Å². The highest BCUT2D eigenvalue weighted by atomic mass is 35.5. The summed E-state index contributed by atoms with van der Waals surface area (Å²) >= 11 is 5.89. The van der Waals surface area contributed by atoms with E-state index in [1.54, 1.807) is 0 Å². The minimum atomic E-state index is 0.190. The summed E-state index contributed by atoms with van der Waals surface area (Å²) in [7, 11) is 0. The molecule has 1 fully saturated rings. The molecule has 0 heterocycles. The lowest BCUT2D eigenvalue weighted by Crippen LogP contribution is -2.22. The minimum absolute atomic E-state index is 0.190. The first-order valence-corrected chi connectivity index (χ1v) is 5.59. The van der Waals surface area contributed by atoms with Gasteiger partial charge in [-0.3, -0.25) is 0 Å². The maximum absolute atomic E-state index is 5.89. The molecule has 14 heavy (non-hydrogen) atoms. The molecule has 0 aromatic heterocycles. The highest BCUT2D eigenvalue weighted by molar-refractivity contribution is 6.18. The normalized spacial score (nSPS) is 30.4. The Hall–Kier alpha value is -0.530. The fourth-order valence-electron chi connectivity index (χ4n) is 2.19. The monoisotopic (exact) mass is 209 g/mol. The molecule has 1 aliphatic carbocycles. The molecule has 2 rings (SSSR count). The van der Waals surface area contributed by atoms with Gasteiger partial charge < -0.3 is 5.73 Å². The Labute approximate surface area is 90.3 Å². The second-order valence-electron chi connectivity index (χ2n) is 4.28. The number of halogens is 1. The van der Waals surface area contributed by atoms with Gasteiger partial charge in [-0.1, -0.05) is 29.8 Å². The van der Waals surface area contributed by atoms with Gasteiger partial charge in [-0.25, -0.2) is 0 Å². The van der Waals surface area contributed by atoms with Gasteiger partial charge >= 0.3 is 0 Å². The van der Waals surface area contributed by atoms with Crippen LogP contribution in [0.3, 0.4) is 0 Å². The highest BCUT2D eigenvalue weighted by Crippen LogP contribution is 2.53. The van der Waals surface area contributed by atoms with Crippen LogP contribution in [0.5, 0.6) is 0 Å². The van der Waals surface area contributed by atoms with Crippen LogP contribution in [0.1, 0.15) is 17.5 Å². The van der Waals surface area contributed by atoms with E-state index in [1.807, 2.05) is 0 Å². The topological polar surface area (TPSA) is 26.0 Å². The smallest absolute Gasteiger partial charge is 0.0261 e. The third-order valence-corrected chi connectivity index (χ3v) is 3.78. The van der Waals surface area contributed by atoms with Crippen LogP contribution in [0, 0.1) is 12.8 Å². The van der Waals surface area contributed by atoms with E-state index < -0.39 is 0 Å². The first kappa shape index (κ1) is 10.0. The van der Waals surface area contributed by atoms with Crippen LogP contribution in [-0.4, -0.2) is 12.4 Å². The molecule has 2 N–H and O–H groups in total. The largest absolute Gasteiger partial charge is 0.330 e. The van der Waals surface area contributed by atoms with Gasteiger partial charge in [0.1, 0.15) is 0 Å². The second kappa shape index (κ2) is 3.56. The van der Waals surface area contributed by atoms with Crippen LogP contribution >= 0.6 is 11.6 Å². The minimum Gasteiger partial charge on any atom is -0.330 e. The van der Waals surface area contributed by atoms with Gasteiger partial charge in [-0.2, -0.15) is 0 Å². The molecule has 76 valence electrons. The van der Waals surface area contributed by atoms with Crippen LogP contribution in [0.2, 0.25) is 0 Å². The standard InChI is InChI=1S/C12H16ClN/c1-9-2-4-10(5-3-9)12(8-14)6-11(12)7-13/h2-5,11H,6-8,14H2,1H3/t11-,12?/m1/s1. The fourth-order valence-corrected chi connectivity index (χ4v) is 2.59. The van der Waals surface area contributed by atoms with Crippen LogP contribution in [-0.2, 0) is 5.41 Å². The van der Waals surface area contributed by atoms with Gasteiger partial charge in [0.05, 0.1) is 0 Å². The predicted molar refractivity (Wildman–Crippen MR) is 60.7 cm³/mol. The highest BCUT2D eigenvalue weighted by Gasteiger charge is 2.53. The summed E-state index contributed by atoms with van der Waals surface area (Å²) in [6.07, 6.45) is 1.15. The maximum Gasteiger partial charge on any atom is 0.0261 e. The van der Waals surface area contributed by atoms with Crippen molar-refractivity contribution in [2.24, 2.45) is 11.7 Å². The number of rotatable bonds is 3. The summed E-state index contributed by atoms with van der Waals surface area (Å²) in [6.45, 7) is 2.82. The van der Waals surface area contributed by atoms with Crippen LogP contribution in [0.25, 0.3) is 0 Å². The molecular formula is C12H16ClN. The van der Waals surface area contributed by atoms with Crippen molar-refractivity contribution in [3.8, 4) is 0 Å². The SMILES string of the molecule is Cc1ccc(C2(CN)C[C@@H]2CCl)cc1. The van der Waals surface area contributed by atoms with Crippen LogP contribution < -0.4 is 5.73 Å². The Kier molecular flexibility index (Phi) is 2.54. The number of hydrogen-bond donors (Lipinski definition) is 1. The molecule has 1 aromatic rings. The van der Waals surface area contributed by atoms with Gasteiger partial charge in [-0.05, 0) is 24.8 Å². The van der Waals surface area contributed by atoms with Crippen molar-refractivity contribution >= 4 is 11.6 Å². The quantitative estimate of drug-likeness (QED) is 0.761. The molecule has 0 spiro atoms. The zero-order valence-corrected chi connectivity index (χ0v) is 9.22. The molecule has 1 aromatic carbocycles. The fraction of sp³-hybridized carbons (Fsp3) is 0.500. The van der Waals surface area contributed by atoms with Crippen molar-refractivity contribution in [1.29, 1.82) is 0 Å². The van der Waals surface area contributed by atoms with E-state index >= 15 is 0 Å². The zero-order valence-electron chi connectivity index (χ0n) is 8.46. The predicted octanol–water partition coefficient (Wildman–Crippen LogP) is 2.45. The summed E-state index contributed by atoms with van der Waals surface area (Å²) in [4.78, 5) is 0. The number of benzene rings is 1. The number of hydrogen-bond acceptors (Lipinski definition) is 1. The van der Waals surface area contributed by atoms with Gasteiger partial charge in [-0.15, -0.1) is 11.6 Å². The van der Waals surface area contributed by atoms with Crippen molar-refractivity contribution in [2.45, 2.75) is 18.8 Å². The van der Waals surface area contributed by atoms with E-state index in [4.69, 9.17) is 17.3 Å². The lowest BCUT2D eigenvalue weighted by Gasteiger charge is -2.15. The van der Waals surface area contributed by atoms with Gasteiger partial charge in [0, 0.05) is 17.8 Å². The van der Waals surface area contributed by atoms with E-state index in [-0.39, 0.29) is 5.41 Å². The average Bonchev–Trinajstić information content (AvgIpc) is 2.94. The molecule has 1 nitrogen and oxygen atoms in total. The lowest BCUT2D eigenvalue weighted by atomic mass is 9.93. The van der Waals surface area contributed by atoms with Crippen LogP contribution in [0.15, 0.2) is 24.3 Å². The molecule has 0 aliphatic heterocycles. The van der Waals surface area contributed by atoms with E-state index in [1.165, 1.54) is 11.1 Å². The van der Waals surface area contributed by atoms with Gasteiger partial charge in [0.15, 0.2) is 0 Å². The van der Waals surface area contributed by atoms with Gasteiger partial charge in [0.2, 0.25) is 0 Å². The average molecular weight is 210 g/mol. The molecule has 1 unspecified atom stereocenters. The molecule has 0 bridgehead atoms. The Morgan fingerprint density at radius 3 is 2.50 bits per heavy atom. The van der Waals surface area contributed by atoms with Crippen molar-refractivity contribution in [3.05, 3.63) is 35.4 Å². The first-order chi connectivity index (χ1) is 6.73. The third-order valence-electron chi connectivity index (χ3n) is 3.41. The molecule has 0 amide bonds. The molecule has 2 atom stereocenters. The molecule has 0 saturated heterocycles. The first-order valence-electron chi connectivity index (χ1n) is 5.06. The van der Waals surface area contributed by atoms with E-state index in [0.29, 0.717) is 12.5 Å². The molecule has 0 radical (unpaired) electrons. The number of nitrogens with two attached hydrogens (primary N) is 1. The van der Waals surface area contributed by atoms with E-state index in [0.717, 1.165) is 12.3 Å². The Bertz CT molecular complexity index is 320. The number of aryl methyl sites for hydroxylation is 1. The molecule has 2 heteroatoms. The Morgan fingerprint density at radius 1 is 1.43 bits per heavy atom. The zero-order chi connectivity index (χ0) is 10.2. The van der Waals surface area contributed by atoms with Crippen molar-refractivity contribution in [2.75, 3.05) is 12.4 Å². The summed E-state index contributed by atoms with van der Waals surface area (Å²) < 4.78 is 0.